The summed E-state index contributed by atoms with van der Waals surface area (Å²) < 4.78 is 0. The fourth-order valence-electron chi connectivity index (χ4n) is 2.17. The van der Waals surface area contributed by atoms with Gasteiger partial charge in [-0.25, -0.2) is 0 Å². The Hall–Kier alpha value is -1.51. The monoisotopic (exact) mass is 233 g/mol. The molecule has 0 saturated heterocycles. The maximum atomic E-state index is 11.9. The molecule has 0 unspecified atom stereocenters. The van der Waals surface area contributed by atoms with Crippen molar-refractivity contribution in [2.45, 2.75) is 32.6 Å². The second kappa shape index (κ2) is 5.21. The van der Waals surface area contributed by atoms with Crippen LogP contribution in [0.4, 0.5) is 0 Å². The predicted octanol–water partition coefficient (Wildman–Crippen LogP) is 2.62. The van der Waals surface area contributed by atoms with Gasteiger partial charge in [0, 0.05) is 12.1 Å². The average molecular weight is 233 g/mol. The fourth-order valence-corrected chi connectivity index (χ4v) is 2.17. The molecule has 0 aliphatic heterocycles. The number of phenols is 1. The second-order valence-corrected chi connectivity index (χ2v) is 4.84. The normalized spacial score (nSPS) is 15.4. The van der Waals surface area contributed by atoms with Gasteiger partial charge < -0.3 is 10.4 Å². The summed E-state index contributed by atoms with van der Waals surface area (Å²) in [5.74, 6) is 0.978. The Morgan fingerprint density at radius 2 is 2.24 bits per heavy atom. The van der Waals surface area contributed by atoms with E-state index in [0.717, 1.165) is 24.4 Å². The van der Waals surface area contributed by atoms with Crippen molar-refractivity contribution in [1.29, 1.82) is 0 Å². The summed E-state index contributed by atoms with van der Waals surface area (Å²) in [6.45, 7) is 2.59. The number of hydrogen-bond donors (Lipinski definition) is 2. The van der Waals surface area contributed by atoms with Gasteiger partial charge in [-0.05, 0) is 43.0 Å². The third-order valence-electron chi connectivity index (χ3n) is 3.52. The van der Waals surface area contributed by atoms with Crippen molar-refractivity contribution >= 4 is 5.91 Å². The molecular formula is C14H19NO2. The molecule has 1 amide bonds. The van der Waals surface area contributed by atoms with Crippen molar-refractivity contribution in [3.8, 4) is 5.75 Å². The van der Waals surface area contributed by atoms with Crippen LogP contribution in [0.25, 0.3) is 0 Å². The Kier molecular flexibility index (Phi) is 3.67. The molecule has 0 heterocycles. The van der Waals surface area contributed by atoms with E-state index >= 15 is 0 Å². The third kappa shape index (κ3) is 2.99. The van der Waals surface area contributed by atoms with Crippen LogP contribution in [-0.2, 0) is 0 Å². The van der Waals surface area contributed by atoms with E-state index in [-0.39, 0.29) is 11.7 Å². The number of aromatic hydroxyl groups is 1. The van der Waals surface area contributed by atoms with E-state index < -0.39 is 0 Å². The first-order valence-corrected chi connectivity index (χ1v) is 6.24. The van der Waals surface area contributed by atoms with E-state index in [9.17, 15) is 9.90 Å². The van der Waals surface area contributed by atoms with Crippen LogP contribution in [0.2, 0.25) is 0 Å². The fraction of sp³-hybridized carbons (Fsp3) is 0.500. The van der Waals surface area contributed by atoms with Crippen molar-refractivity contribution in [2.24, 2.45) is 5.92 Å². The lowest BCUT2D eigenvalue weighted by Crippen LogP contribution is -2.27. The zero-order valence-corrected chi connectivity index (χ0v) is 10.2. The standard InChI is InChI=1S/C14H19NO2/c1-10-9-12(16)5-6-13(10)14(17)15-8-7-11-3-2-4-11/h5-6,9,11,16H,2-4,7-8H2,1H3,(H,15,17). The van der Waals surface area contributed by atoms with Gasteiger partial charge in [-0.3, -0.25) is 4.79 Å². The Bertz CT molecular complexity index is 411. The summed E-state index contributed by atoms with van der Waals surface area (Å²) in [5.41, 5.74) is 1.46. The van der Waals surface area contributed by atoms with E-state index in [4.69, 9.17) is 0 Å². The molecular weight excluding hydrogens is 214 g/mol. The van der Waals surface area contributed by atoms with Crippen molar-refractivity contribution < 1.29 is 9.90 Å². The quantitative estimate of drug-likeness (QED) is 0.839. The van der Waals surface area contributed by atoms with Crippen LogP contribution >= 0.6 is 0 Å². The van der Waals surface area contributed by atoms with Crippen molar-refractivity contribution in [2.75, 3.05) is 6.54 Å². The van der Waals surface area contributed by atoms with Gasteiger partial charge in [0.15, 0.2) is 0 Å². The summed E-state index contributed by atoms with van der Waals surface area (Å²) >= 11 is 0. The molecule has 1 aromatic rings. The molecule has 0 spiro atoms. The Morgan fingerprint density at radius 3 is 2.82 bits per heavy atom. The molecule has 1 aliphatic rings. The molecule has 2 rings (SSSR count). The summed E-state index contributed by atoms with van der Waals surface area (Å²) in [7, 11) is 0. The van der Waals surface area contributed by atoms with Gasteiger partial charge in [0.2, 0.25) is 0 Å². The molecule has 3 heteroatoms. The predicted molar refractivity (Wildman–Crippen MR) is 67.1 cm³/mol. The van der Waals surface area contributed by atoms with Gasteiger partial charge in [0.05, 0.1) is 0 Å². The topological polar surface area (TPSA) is 49.3 Å². The van der Waals surface area contributed by atoms with Gasteiger partial charge >= 0.3 is 0 Å². The van der Waals surface area contributed by atoms with Crippen molar-refractivity contribution in [1.82, 2.24) is 5.32 Å². The first-order valence-electron chi connectivity index (χ1n) is 6.24. The first kappa shape index (κ1) is 12.0. The van der Waals surface area contributed by atoms with Crippen LogP contribution in [0, 0.1) is 12.8 Å². The number of rotatable bonds is 4. The van der Waals surface area contributed by atoms with Crippen molar-refractivity contribution in [3.05, 3.63) is 29.3 Å². The van der Waals surface area contributed by atoms with Gasteiger partial charge in [0.25, 0.3) is 5.91 Å². The molecule has 0 radical (unpaired) electrons. The van der Waals surface area contributed by atoms with E-state index in [1.54, 1.807) is 18.2 Å². The molecule has 1 aromatic carbocycles. The van der Waals surface area contributed by atoms with Crippen LogP contribution in [0.1, 0.15) is 41.6 Å². The molecule has 0 atom stereocenters. The van der Waals surface area contributed by atoms with Crippen molar-refractivity contribution in [3.63, 3.8) is 0 Å². The Labute approximate surface area is 102 Å². The van der Waals surface area contributed by atoms with Gasteiger partial charge in [-0.1, -0.05) is 19.3 Å². The van der Waals surface area contributed by atoms with Crippen LogP contribution in [0.15, 0.2) is 18.2 Å². The largest absolute Gasteiger partial charge is 0.508 e. The molecule has 92 valence electrons. The minimum absolute atomic E-state index is 0.0400. The molecule has 0 bridgehead atoms. The summed E-state index contributed by atoms with van der Waals surface area (Å²) in [5, 5.41) is 12.2. The lowest BCUT2D eigenvalue weighted by Gasteiger charge is -2.25. The highest BCUT2D eigenvalue weighted by Gasteiger charge is 2.17. The molecule has 2 N–H and O–H groups in total. The summed E-state index contributed by atoms with van der Waals surface area (Å²) in [6, 6.07) is 4.83. The number of aryl methyl sites for hydroxylation is 1. The second-order valence-electron chi connectivity index (χ2n) is 4.84. The van der Waals surface area contributed by atoms with E-state index in [1.807, 2.05) is 6.92 Å². The van der Waals surface area contributed by atoms with E-state index in [1.165, 1.54) is 19.3 Å². The highest BCUT2D eigenvalue weighted by molar-refractivity contribution is 5.95. The zero-order valence-electron chi connectivity index (χ0n) is 10.2. The average Bonchev–Trinajstić information content (AvgIpc) is 2.21. The number of phenolic OH excluding ortho intramolecular Hbond substituents is 1. The highest BCUT2D eigenvalue weighted by Crippen LogP contribution is 2.28. The maximum absolute atomic E-state index is 11.9. The number of carbonyl (C=O) groups is 1. The first-order chi connectivity index (χ1) is 8.16. The van der Waals surface area contributed by atoms with Gasteiger partial charge in [-0.2, -0.15) is 0 Å². The summed E-state index contributed by atoms with van der Waals surface area (Å²) in [6.07, 6.45) is 5.06. The number of nitrogens with one attached hydrogen (secondary N) is 1. The number of hydrogen-bond acceptors (Lipinski definition) is 2. The number of benzene rings is 1. The molecule has 3 nitrogen and oxygen atoms in total. The maximum Gasteiger partial charge on any atom is 0.251 e. The van der Waals surface area contributed by atoms with Crippen LogP contribution in [0.3, 0.4) is 0 Å². The highest BCUT2D eigenvalue weighted by atomic mass is 16.3. The number of amides is 1. The molecule has 1 saturated carbocycles. The summed E-state index contributed by atoms with van der Waals surface area (Å²) in [4.78, 5) is 11.9. The van der Waals surface area contributed by atoms with E-state index in [0.29, 0.717) is 5.56 Å². The van der Waals surface area contributed by atoms with Crippen LogP contribution in [0.5, 0.6) is 5.75 Å². The van der Waals surface area contributed by atoms with Crippen LogP contribution < -0.4 is 5.32 Å². The molecule has 1 aliphatic carbocycles. The Balaban J connectivity index is 1.85. The SMILES string of the molecule is Cc1cc(O)ccc1C(=O)NCCC1CCC1. The minimum atomic E-state index is -0.0400. The lowest BCUT2D eigenvalue weighted by molar-refractivity contribution is 0.0948. The van der Waals surface area contributed by atoms with Gasteiger partial charge in [0.1, 0.15) is 5.75 Å². The Morgan fingerprint density at radius 1 is 1.47 bits per heavy atom. The van der Waals surface area contributed by atoms with E-state index in [2.05, 4.69) is 5.32 Å². The molecule has 17 heavy (non-hydrogen) atoms. The van der Waals surface area contributed by atoms with Gasteiger partial charge in [-0.15, -0.1) is 0 Å². The molecule has 1 fully saturated rings. The molecule has 0 aromatic heterocycles. The minimum Gasteiger partial charge on any atom is -0.508 e. The lowest BCUT2D eigenvalue weighted by atomic mass is 9.83. The van der Waals surface area contributed by atoms with Crippen LogP contribution in [-0.4, -0.2) is 17.6 Å². The zero-order chi connectivity index (χ0) is 12.3. The number of carbonyl (C=O) groups excluding carboxylic acids is 1. The third-order valence-corrected chi connectivity index (χ3v) is 3.52. The smallest absolute Gasteiger partial charge is 0.251 e.